The minimum atomic E-state index is -1.40. The highest BCUT2D eigenvalue weighted by Crippen LogP contribution is 2.21. The van der Waals surface area contributed by atoms with Gasteiger partial charge in [-0.25, -0.2) is 19.6 Å². The molecule has 2 atom stereocenters. The number of hydrogen-bond donors (Lipinski definition) is 2. The van der Waals surface area contributed by atoms with E-state index >= 15 is 0 Å². The molecular formula is C12H9N5O5. The Morgan fingerprint density at radius 1 is 1.23 bits per heavy atom. The Labute approximate surface area is 123 Å². The van der Waals surface area contributed by atoms with Crippen LogP contribution in [0.3, 0.4) is 0 Å². The van der Waals surface area contributed by atoms with Gasteiger partial charge in [0, 0.05) is 0 Å². The van der Waals surface area contributed by atoms with E-state index in [-0.39, 0.29) is 18.9 Å². The summed E-state index contributed by atoms with van der Waals surface area (Å²) in [5.74, 6) is -2.98. The second kappa shape index (κ2) is 6.03. The molecule has 10 nitrogen and oxygen atoms in total. The van der Waals surface area contributed by atoms with Gasteiger partial charge in [-0.2, -0.15) is 10.5 Å². The average molecular weight is 303 g/mol. The maximum atomic E-state index is 11.2. The van der Waals surface area contributed by atoms with E-state index in [9.17, 15) is 9.59 Å². The van der Waals surface area contributed by atoms with Crippen molar-refractivity contribution in [1.29, 1.82) is 10.5 Å². The van der Waals surface area contributed by atoms with Crippen LogP contribution < -0.4 is 4.90 Å². The largest absolute Gasteiger partial charge is 0.476 e. The SMILES string of the molecule is N#CC1CN(c2nc(C(=O)O)cnc2C(=O)O)CC(C#N)O1. The van der Waals surface area contributed by atoms with Crippen LogP contribution in [0.15, 0.2) is 6.20 Å². The fraction of sp³-hybridized carbons (Fsp3) is 0.333. The number of aromatic carboxylic acids is 2. The standard InChI is InChI=1S/C12H9N5O5/c13-1-6-4-17(5-7(2-14)22-6)10-9(12(20)21)15-3-8(16-10)11(18)19/h3,6-7H,4-5H2,(H,18,19)(H,20,21). The Kier molecular flexibility index (Phi) is 4.15. The van der Waals surface area contributed by atoms with Crippen molar-refractivity contribution in [2.24, 2.45) is 0 Å². The number of carboxylic acid groups (broad SMARTS) is 2. The van der Waals surface area contributed by atoms with E-state index in [2.05, 4.69) is 9.97 Å². The van der Waals surface area contributed by atoms with Crippen molar-refractivity contribution in [3.8, 4) is 12.1 Å². The Morgan fingerprint density at radius 2 is 1.82 bits per heavy atom. The molecule has 2 rings (SSSR count). The van der Waals surface area contributed by atoms with Gasteiger partial charge in [0.15, 0.2) is 29.4 Å². The van der Waals surface area contributed by atoms with Crippen molar-refractivity contribution < 1.29 is 24.5 Å². The Hall–Kier alpha value is -3.24. The zero-order chi connectivity index (χ0) is 16.3. The summed E-state index contributed by atoms with van der Waals surface area (Å²) in [6, 6.07) is 3.65. The van der Waals surface area contributed by atoms with Crippen LogP contribution in [0.4, 0.5) is 5.82 Å². The number of morpholine rings is 1. The molecule has 1 aromatic heterocycles. The third kappa shape index (κ3) is 2.92. The molecule has 0 bridgehead atoms. The topological polar surface area (TPSA) is 160 Å². The smallest absolute Gasteiger partial charge is 0.358 e. The summed E-state index contributed by atoms with van der Waals surface area (Å²) < 4.78 is 5.14. The van der Waals surface area contributed by atoms with Gasteiger partial charge in [0.1, 0.15) is 0 Å². The minimum Gasteiger partial charge on any atom is -0.476 e. The summed E-state index contributed by atoms with van der Waals surface area (Å²) >= 11 is 0. The Morgan fingerprint density at radius 3 is 2.27 bits per heavy atom. The number of aromatic nitrogens is 2. The molecule has 1 aliphatic rings. The van der Waals surface area contributed by atoms with E-state index in [1.165, 1.54) is 4.90 Å². The number of nitrogens with zero attached hydrogens (tertiary/aromatic N) is 5. The lowest BCUT2D eigenvalue weighted by atomic mass is 10.2. The molecule has 0 spiro atoms. The zero-order valence-electron chi connectivity index (χ0n) is 11.0. The van der Waals surface area contributed by atoms with E-state index in [1.807, 2.05) is 12.1 Å². The fourth-order valence-corrected chi connectivity index (χ4v) is 1.93. The third-order valence-electron chi connectivity index (χ3n) is 2.86. The van der Waals surface area contributed by atoms with Gasteiger partial charge in [0.05, 0.1) is 31.4 Å². The van der Waals surface area contributed by atoms with Crippen molar-refractivity contribution >= 4 is 17.8 Å². The molecular weight excluding hydrogens is 294 g/mol. The molecule has 1 aromatic rings. The first-order valence-corrected chi connectivity index (χ1v) is 5.99. The second-order valence-corrected chi connectivity index (χ2v) is 4.31. The van der Waals surface area contributed by atoms with Crippen LogP contribution >= 0.6 is 0 Å². The first kappa shape index (κ1) is 15.2. The number of rotatable bonds is 3. The minimum absolute atomic E-state index is 0.0489. The quantitative estimate of drug-likeness (QED) is 0.744. The van der Waals surface area contributed by atoms with Crippen LogP contribution in [0.2, 0.25) is 0 Å². The lowest BCUT2D eigenvalue weighted by Crippen LogP contribution is -2.47. The van der Waals surface area contributed by atoms with Crippen LogP contribution in [-0.2, 0) is 4.74 Å². The van der Waals surface area contributed by atoms with Crippen molar-refractivity contribution in [2.75, 3.05) is 18.0 Å². The number of nitriles is 2. The van der Waals surface area contributed by atoms with Crippen LogP contribution in [0.25, 0.3) is 0 Å². The summed E-state index contributed by atoms with van der Waals surface area (Å²) in [6.07, 6.45) is -1.09. The van der Waals surface area contributed by atoms with Gasteiger partial charge in [-0.05, 0) is 0 Å². The number of anilines is 1. The maximum Gasteiger partial charge on any atom is 0.358 e. The Balaban J connectivity index is 2.47. The van der Waals surface area contributed by atoms with Gasteiger partial charge in [-0.3, -0.25) is 0 Å². The molecule has 0 saturated carbocycles. The van der Waals surface area contributed by atoms with Gasteiger partial charge in [-0.15, -0.1) is 0 Å². The van der Waals surface area contributed by atoms with Gasteiger partial charge in [0.25, 0.3) is 0 Å². The number of carbonyl (C=O) groups is 2. The van der Waals surface area contributed by atoms with E-state index in [0.717, 1.165) is 6.20 Å². The first-order valence-electron chi connectivity index (χ1n) is 5.99. The average Bonchev–Trinajstić information content (AvgIpc) is 2.53. The molecule has 2 N–H and O–H groups in total. The molecule has 1 fully saturated rings. The van der Waals surface area contributed by atoms with E-state index < -0.39 is 35.5 Å². The van der Waals surface area contributed by atoms with Crippen LogP contribution in [0, 0.1) is 22.7 Å². The fourth-order valence-electron chi connectivity index (χ4n) is 1.93. The highest BCUT2D eigenvalue weighted by atomic mass is 16.5. The van der Waals surface area contributed by atoms with Gasteiger partial charge < -0.3 is 19.8 Å². The number of carboxylic acids is 2. The lowest BCUT2D eigenvalue weighted by Gasteiger charge is -2.33. The van der Waals surface area contributed by atoms with Crippen molar-refractivity contribution in [2.45, 2.75) is 12.2 Å². The van der Waals surface area contributed by atoms with Crippen LogP contribution in [0.5, 0.6) is 0 Å². The van der Waals surface area contributed by atoms with Crippen molar-refractivity contribution in [1.82, 2.24) is 9.97 Å². The van der Waals surface area contributed by atoms with Crippen molar-refractivity contribution in [3.05, 3.63) is 17.6 Å². The second-order valence-electron chi connectivity index (χ2n) is 4.31. The van der Waals surface area contributed by atoms with E-state index in [1.54, 1.807) is 0 Å². The van der Waals surface area contributed by atoms with Gasteiger partial charge in [-0.1, -0.05) is 0 Å². The monoisotopic (exact) mass is 303 g/mol. The number of hydrogen-bond acceptors (Lipinski definition) is 8. The highest BCUT2D eigenvalue weighted by molar-refractivity contribution is 5.93. The predicted octanol–water partition coefficient (Wildman–Crippen LogP) is -0.506. The highest BCUT2D eigenvalue weighted by Gasteiger charge is 2.32. The first-order chi connectivity index (χ1) is 10.5. The molecule has 0 radical (unpaired) electrons. The predicted molar refractivity (Wildman–Crippen MR) is 68.1 cm³/mol. The summed E-state index contributed by atoms with van der Waals surface area (Å²) in [5, 5.41) is 35.9. The van der Waals surface area contributed by atoms with E-state index in [0.29, 0.717) is 0 Å². The molecule has 0 aliphatic carbocycles. The maximum absolute atomic E-state index is 11.2. The number of ether oxygens (including phenoxy) is 1. The lowest BCUT2D eigenvalue weighted by molar-refractivity contribution is 0.0344. The Bertz CT molecular complexity index is 685. The molecule has 2 unspecified atom stereocenters. The van der Waals surface area contributed by atoms with Crippen molar-refractivity contribution in [3.63, 3.8) is 0 Å². The molecule has 2 heterocycles. The molecule has 10 heteroatoms. The summed E-state index contributed by atoms with van der Waals surface area (Å²) in [7, 11) is 0. The molecule has 22 heavy (non-hydrogen) atoms. The molecule has 0 aromatic carbocycles. The molecule has 0 amide bonds. The summed E-state index contributed by atoms with van der Waals surface area (Å²) in [5.41, 5.74) is -0.895. The molecule has 112 valence electrons. The third-order valence-corrected chi connectivity index (χ3v) is 2.86. The molecule has 1 saturated heterocycles. The molecule has 1 aliphatic heterocycles. The summed E-state index contributed by atoms with van der Waals surface area (Å²) in [6.45, 7) is -0.0978. The summed E-state index contributed by atoms with van der Waals surface area (Å²) in [4.78, 5) is 30.8. The van der Waals surface area contributed by atoms with E-state index in [4.69, 9.17) is 25.5 Å². The van der Waals surface area contributed by atoms with Crippen LogP contribution in [0.1, 0.15) is 21.0 Å². The van der Waals surface area contributed by atoms with Gasteiger partial charge >= 0.3 is 11.9 Å². The van der Waals surface area contributed by atoms with Gasteiger partial charge in [0.2, 0.25) is 0 Å². The van der Waals surface area contributed by atoms with Crippen LogP contribution in [-0.4, -0.2) is 57.4 Å². The normalized spacial score (nSPS) is 20.7. The zero-order valence-corrected chi connectivity index (χ0v) is 11.0.